The molecule has 3 rings (SSSR count). The number of pyridine rings is 1. The van der Waals surface area contributed by atoms with Crippen LogP contribution in [0.15, 0.2) is 63.1 Å². The number of anilines is 1. The summed E-state index contributed by atoms with van der Waals surface area (Å²) in [5.41, 5.74) is 2.45. The molecule has 0 radical (unpaired) electrons. The highest BCUT2D eigenvalue weighted by Crippen LogP contribution is 2.24. The molecule has 3 aromatic rings. The smallest absolute Gasteiger partial charge is 0.270 e. The summed E-state index contributed by atoms with van der Waals surface area (Å²) in [6, 6.07) is 13.2. The van der Waals surface area contributed by atoms with Crippen LogP contribution in [-0.4, -0.2) is 25.5 Å². The van der Waals surface area contributed by atoms with Gasteiger partial charge in [-0.3, -0.25) is 9.59 Å². The van der Waals surface area contributed by atoms with E-state index < -0.39 is 21.3 Å². The minimum absolute atomic E-state index is 0.0556. The normalized spacial score (nSPS) is 11.3. The number of carbonyl (C=O) groups excluding carboxylic acids is 1. The first-order chi connectivity index (χ1) is 15.5. The van der Waals surface area contributed by atoms with Crippen LogP contribution < -0.4 is 15.6 Å². The number of rotatable bonds is 7. The molecule has 1 N–H and O–H groups in total. The number of aromatic nitrogens is 1. The first kappa shape index (κ1) is 24.3. The topological polar surface area (TPSA) is 94.5 Å². The minimum atomic E-state index is -4.06. The third-order valence-corrected chi connectivity index (χ3v) is 7.37. The average Bonchev–Trinajstić information content (AvgIpc) is 2.74. The van der Waals surface area contributed by atoms with E-state index in [4.69, 9.17) is 4.74 Å². The number of carbonyl (C=O) groups is 1. The quantitative estimate of drug-likeness (QED) is 0.567. The van der Waals surface area contributed by atoms with Gasteiger partial charge in [0.1, 0.15) is 17.2 Å². The molecule has 1 aromatic heterocycles. The fourth-order valence-electron chi connectivity index (χ4n) is 3.58. The van der Waals surface area contributed by atoms with Gasteiger partial charge in [0.2, 0.25) is 15.7 Å². The molecule has 0 saturated heterocycles. The van der Waals surface area contributed by atoms with E-state index in [1.54, 1.807) is 56.3 Å². The average molecular weight is 469 g/mol. The van der Waals surface area contributed by atoms with E-state index in [-0.39, 0.29) is 16.3 Å². The van der Waals surface area contributed by atoms with Gasteiger partial charge in [-0.25, -0.2) is 8.42 Å². The Morgan fingerprint density at radius 1 is 0.939 bits per heavy atom. The number of nitrogens with zero attached hydrogens (tertiary/aromatic N) is 1. The SMILES string of the molecule is CCOc1ccc(NC(=O)Cn2c(C)cc(C)c(S(=O)(=O)c3ccc(C)c(C)c3)c2=O)cc1. The largest absolute Gasteiger partial charge is 0.494 e. The molecule has 0 unspecified atom stereocenters. The van der Waals surface area contributed by atoms with Gasteiger partial charge in [0.15, 0.2) is 0 Å². The number of amides is 1. The fraction of sp³-hybridized carbons (Fsp3) is 0.280. The number of nitrogens with one attached hydrogen (secondary N) is 1. The Labute approximate surface area is 194 Å². The van der Waals surface area contributed by atoms with Crippen molar-refractivity contribution in [2.24, 2.45) is 0 Å². The molecule has 0 fully saturated rings. The van der Waals surface area contributed by atoms with Crippen LogP contribution in [0.1, 0.15) is 29.3 Å². The van der Waals surface area contributed by atoms with Crippen molar-refractivity contribution in [1.29, 1.82) is 0 Å². The summed E-state index contributed by atoms with van der Waals surface area (Å²) in [6.45, 7) is 9.07. The first-order valence-corrected chi connectivity index (χ1v) is 12.1. The number of ether oxygens (including phenoxy) is 1. The monoisotopic (exact) mass is 468 g/mol. The van der Waals surface area contributed by atoms with Crippen LogP contribution in [0, 0.1) is 27.7 Å². The first-order valence-electron chi connectivity index (χ1n) is 10.6. The van der Waals surface area contributed by atoms with Crippen molar-refractivity contribution in [3.05, 3.63) is 81.3 Å². The molecule has 174 valence electrons. The van der Waals surface area contributed by atoms with Gasteiger partial charge < -0.3 is 14.6 Å². The zero-order valence-corrected chi connectivity index (χ0v) is 20.2. The number of aryl methyl sites for hydroxylation is 4. The lowest BCUT2D eigenvalue weighted by Crippen LogP contribution is -2.33. The number of benzene rings is 2. The fourth-order valence-corrected chi connectivity index (χ4v) is 5.21. The van der Waals surface area contributed by atoms with E-state index in [9.17, 15) is 18.0 Å². The minimum Gasteiger partial charge on any atom is -0.494 e. The van der Waals surface area contributed by atoms with E-state index in [1.165, 1.54) is 10.6 Å². The predicted molar refractivity (Wildman–Crippen MR) is 128 cm³/mol. The van der Waals surface area contributed by atoms with Crippen molar-refractivity contribution in [3.63, 3.8) is 0 Å². The maximum Gasteiger partial charge on any atom is 0.270 e. The van der Waals surface area contributed by atoms with Crippen LogP contribution in [0.3, 0.4) is 0 Å². The lowest BCUT2D eigenvalue weighted by atomic mass is 10.1. The van der Waals surface area contributed by atoms with E-state index in [1.807, 2.05) is 20.8 Å². The van der Waals surface area contributed by atoms with Crippen LogP contribution in [0.4, 0.5) is 5.69 Å². The van der Waals surface area contributed by atoms with Gasteiger partial charge >= 0.3 is 0 Å². The summed E-state index contributed by atoms with van der Waals surface area (Å²) in [4.78, 5) is 25.7. The Kier molecular flexibility index (Phi) is 7.07. The summed E-state index contributed by atoms with van der Waals surface area (Å²) in [5, 5.41) is 2.73. The Bertz CT molecular complexity index is 1360. The van der Waals surface area contributed by atoms with E-state index >= 15 is 0 Å². The van der Waals surface area contributed by atoms with Gasteiger partial charge in [0.05, 0.1) is 11.5 Å². The highest BCUT2D eigenvalue weighted by atomic mass is 32.2. The summed E-state index contributed by atoms with van der Waals surface area (Å²) < 4.78 is 33.2. The van der Waals surface area contributed by atoms with E-state index in [0.29, 0.717) is 29.3 Å². The van der Waals surface area contributed by atoms with Gasteiger partial charge in [-0.05, 0) is 93.8 Å². The van der Waals surface area contributed by atoms with Crippen LogP contribution in [-0.2, 0) is 21.2 Å². The second kappa shape index (κ2) is 9.62. The third kappa shape index (κ3) is 5.17. The molecule has 1 heterocycles. The van der Waals surface area contributed by atoms with Crippen LogP contribution in [0.25, 0.3) is 0 Å². The van der Waals surface area contributed by atoms with Crippen LogP contribution in [0.2, 0.25) is 0 Å². The summed E-state index contributed by atoms with van der Waals surface area (Å²) >= 11 is 0. The lowest BCUT2D eigenvalue weighted by Gasteiger charge is -2.15. The second-order valence-electron chi connectivity index (χ2n) is 7.94. The van der Waals surface area contributed by atoms with Crippen molar-refractivity contribution >= 4 is 21.4 Å². The van der Waals surface area contributed by atoms with Crippen molar-refractivity contribution < 1.29 is 17.9 Å². The van der Waals surface area contributed by atoms with Crippen LogP contribution >= 0.6 is 0 Å². The van der Waals surface area contributed by atoms with Crippen molar-refractivity contribution in [1.82, 2.24) is 4.57 Å². The molecule has 0 bridgehead atoms. The molecule has 0 aliphatic carbocycles. The van der Waals surface area contributed by atoms with Gasteiger partial charge in [-0.2, -0.15) is 0 Å². The number of hydrogen-bond acceptors (Lipinski definition) is 5. The Hall–Kier alpha value is -3.39. The molecule has 0 spiro atoms. The van der Waals surface area contributed by atoms with Gasteiger partial charge in [-0.15, -0.1) is 0 Å². The van der Waals surface area contributed by atoms with E-state index in [2.05, 4.69) is 5.32 Å². The summed E-state index contributed by atoms with van der Waals surface area (Å²) in [5.74, 6) is 0.241. The summed E-state index contributed by atoms with van der Waals surface area (Å²) in [6.07, 6.45) is 0. The Balaban J connectivity index is 1.94. The van der Waals surface area contributed by atoms with Gasteiger partial charge in [-0.1, -0.05) is 6.07 Å². The molecule has 0 atom stereocenters. The zero-order valence-electron chi connectivity index (χ0n) is 19.4. The van der Waals surface area contributed by atoms with E-state index in [0.717, 1.165) is 11.1 Å². The molecule has 8 heteroatoms. The molecule has 7 nitrogen and oxygen atoms in total. The standard InChI is InChI=1S/C25H28N2O5S/c1-6-32-21-10-8-20(9-11-21)26-23(28)15-27-19(5)13-18(4)24(25(27)29)33(30,31)22-12-7-16(2)17(3)14-22/h7-14H,6,15H2,1-5H3,(H,26,28). The van der Waals surface area contributed by atoms with Gasteiger partial charge in [0, 0.05) is 11.4 Å². The molecule has 0 saturated carbocycles. The maximum atomic E-state index is 13.3. The highest BCUT2D eigenvalue weighted by Gasteiger charge is 2.26. The number of hydrogen-bond donors (Lipinski definition) is 1. The maximum absolute atomic E-state index is 13.3. The molecular formula is C25H28N2O5S. The molecular weight excluding hydrogens is 440 g/mol. The second-order valence-corrected chi connectivity index (χ2v) is 9.83. The Morgan fingerprint density at radius 2 is 1.61 bits per heavy atom. The van der Waals surface area contributed by atoms with Gasteiger partial charge in [0.25, 0.3) is 5.56 Å². The lowest BCUT2D eigenvalue weighted by molar-refractivity contribution is -0.116. The predicted octanol–water partition coefficient (Wildman–Crippen LogP) is 3.95. The molecule has 33 heavy (non-hydrogen) atoms. The highest BCUT2D eigenvalue weighted by molar-refractivity contribution is 7.91. The van der Waals surface area contributed by atoms with Crippen molar-refractivity contribution in [2.45, 2.75) is 51.0 Å². The third-order valence-electron chi connectivity index (χ3n) is 5.46. The molecule has 2 aromatic carbocycles. The van der Waals surface area contributed by atoms with Crippen LogP contribution in [0.5, 0.6) is 5.75 Å². The molecule has 0 aliphatic heterocycles. The van der Waals surface area contributed by atoms with Crippen molar-refractivity contribution in [3.8, 4) is 5.75 Å². The Morgan fingerprint density at radius 3 is 2.21 bits per heavy atom. The molecule has 0 aliphatic rings. The molecule has 1 amide bonds. The van der Waals surface area contributed by atoms with Crippen molar-refractivity contribution in [2.75, 3.05) is 11.9 Å². The number of sulfone groups is 1. The zero-order chi connectivity index (χ0) is 24.3. The summed E-state index contributed by atoms with van der Waals surface area (Å²) in [7, 11) is -4.06.